The Bertz CT molecular complexity index is 900. The van der Waals surface area contributed by atoms with Crippen molar-refractivity contribution in [3.8, 4) is 0 Å². The molecule has 1 aliphatic rings. The molecular weight excluding hydrogens is 427 g/mol. The van der Waals surface area contributed by atoms with Crippen molar-refractivity contribution in [1.29, 1.82) is 0 Å². The van der Waals surface area contributed by atoms with Crippen molar-refractivity contribution >= 4 is 62.1 Å². The van der Waals surface area contributed by atoms with Crippen LogP contribution in [0.3, 0.4) is 0 Å². The Balaban J connectivity index is 1.77. The van der Waals surface area contributed by atoms with Crippen LogP contribution in [-0.4, -0.2) is 21.1 Å². The SMILES string of the molecule is O=C(NN1C(=O)C(=Cc2cccc(F)c2)SC1=S)c1ccc(Br)cc1. The first kappa shape index (κ1) is 17.8. The van der Waals surface area contributed by atoms with E-state index < -0.39 is 17.6 Å². The molecule has 0 bridgehead atoms. The molecule has 0 aliphatic carbocycles. The Morgan fingerprint density at radius 1 is 1.24 bits per heavy atom. The Morgan fingerprint density at radius 2 is 1.96 bits per heavy atom. The van der Waals surface area contributed by atoms with Crippen LogP contribution in [0.5, 0.6) is 0 Å². The number of benzene rings is 2. The number of rotatable bonds is 3. The Hall–Kier alpha value is -2.03. The van der Waals surface area contributed by atoms with Crippen molar-refractivity contribution in [2.24, 2.45) is 0 Å². The molecule has 0 aromatic heterocycles. The third kappa shape index (κ3) is 4.15. The number of hydrazine groups is 1. The molecule has 0 saturated carbocycles. The van der Waals surface area contributed by atoms with E-state index in [0.717, 1.165) is 21.2 Å². The summed E-state index contributed by atoms with van der Waals surface area (Å²) >= 11 is 9.49. The van der Waals surface area contributed by atoms with Gasteiger partial charge in [0, 0.05) is 10.0 Å². The molecule has 0 atom stereocenters. The van der Waals surface area contributed by atoms with E-state index in [1.165, 1.54) is 18.2 Å². The molecule has 1 saturated heterocycles. The molecule has 0 unspecified atom stereocenters. The lowest BCUT2D eigenvalue weighted by molar-refractivity contribution is -0.123. The largest absolute Gasteiger partial charge is 0.285 e. The van der Waals surface area contributed by atoms with Crippen molar-refractivity contribution < 1.29 is 14.0 Å². The lowest BCUT2D eigenvalue weighted by atomic mass is 10.2. The van der Waals surface area contributed by atoms with E-state index in [4.69, 9.17) is 12.2 Å². The van der Waals surface area contributed by atoms with E-state index in [2.05, 4.69) is 21.4 Å². The summed E-state index contributed by atoms with van der Waals surface area (Å²) in [4.78, 5) is 25.0. The number of halogens is 2. The van der Waals surface area contributed by atoms with Gasteiger partial charge in [0.15, 0.2) is 4.32 Å². The Labute approximate surface area is 161 Å². The van der Waals surface area contributed by atoms with Crippen LogP contribution in [0.2, 0.25) is 0 Å². The van der Waals surface area contributed by atoms with E-state index >= 15 is 0 Å². The summed E-state index contributed by atoms with van der Waals surface area (Å²) in [6, 6.07) is 12.6. The average Bonchev–Trinajstić information content (AvgIpc) is 2.83. The minimum Gasteiger partial charge on any atom is -0.267 e. The third-order valence-electron chi connectivity index (χ3n) is 3.26. The summed E-state index contributed by atoms with van der Waals surface area (Å²) in [6.07, 6.45) is 1.54. The van der Waals surface area contributed by atoms with Crippen LogP contribution in [-0.2, 0) is 4.79 Å². The lowest BCUT2D eigenvalue weighted by Crippen LogP contribution is -2.44. The van der Waals surface area contributed by atoms with Gasteiger partial charge in [0.05, 0.1) is 4.91 Å². The summed E-state index contributed by atoms with van der Waals surface area (Å²) in [6.45, 7) is 0. The van der Waals surface area contributed by atoms with Crippen molar-refractivity contribution in [3.05, 3.63) is 74.9 Å². The highest BCUT2D eigenvalue weighted by Gasteiger charge is 2.33. The third-order valence-corrected chi connectivity index (χ3v) is 5.09. The first-order valence-electron chi connectivity index (χ1n) is 7.04. The zero-order chi connectivity index (χ0) is 18.0. The Kier molecular flexibility index (Phi) is 5.31. The highest BCUT2D eigenvalue weighted by Crippen LogP contribution is 2.31. The smallest absolute Gasteiger partial charge is 0.267 e. The number of nitrogens with zero attached hydrogens (tertiary/aromatic N) is 1. The number of hydrogen-bond acceptors (Lipinski definition) is 4. The number of nitrogens with one attached hydrogen (secondary N) is 1. The molecule has 2 aromatic carbocycles. The highest BCUT2D eigenvalue weighted by molar-refractivity contribution is 9.10. The maximum Gasteiger partial charge on any atom is 0.285 e. The van der Waals surface area contributed by atoms with Crippen LogP contribution in [0, 0.1) is 5.82 Å². The number of amides is 2. The molecule has 2 amide bonds. The van der Waals surface area contributed by atoms with Gasteiger partial charge in [-0.25, -0.2) is 4.39 Å². The molecule has 3 rings (SSSR count). The summed E-state index contributed by atoms with van der Waals surface area (Å²) in [7, 11) is 0. The van der Waals surface area contributed by atoms with Crippen molar-refractivity contribution in [3.63, 3.8) is 0 Å². The van der Waals surface area contributed by atoms with Gasteiger partial charge in [-0.2, -0.15) is 5.01 Å². The number of thioether (sulfide) groups is 1. The normalized spacial score (nSPS) is 15.8. The van der Waals surface area contributed by atoms with Crippen molar-refractivity contribution in [2.45, 2.75) is 0 Å². The van der Waals surface area contributed by atoms with E-state index in [1.807, 2.05) is 0 Å². The molecule has 1 aliphatic heterocycles. The van der Waals surface area contributed by atoms with Gasteiger partial charge in [-0.15, -0.1) is 0 Å². The molecule has 2 aromatic rings. The van der Waals surface area contributed by atoms with Gasteiger partial charge in [-0.3, -0.25) is 15.0 Å². The van der Waals surface area contributed by atoms with Gasteiger partial charge in [0.1, 0.15) is 5.82 Å². The second kappa shape index (κ2) is 7.47. The molecule has 8 heteroatoms. The molecular formula is C17H10BrFN2O2S2. The molecule has 0 radical (unpaired) electrons. The van der Waals surface area contributed by atoms with E-state index in [0.29, 0.717) is 16.0 Å². The van der Waals surface area contributed by atoms with Crippen LogP contribution in [0.15, 0.2) is 57.9 Å². The first-order chi connectivity index (χ1) is 11.9. The van der Waals surface area contributed by atoms with Crippen LogP contribution in [0.4, 0.5) is 4.39 Å². The second-order valence-electron chi connectivity index (χ2n) is 5.02. The second-order valence-corrected chi connectivity index (χ2v) is 7.61. The van der Waals surface area contributed by atoms with E-state index in [9.17, 15) is 14.0 Å². The molecule has 25 heavy (non-hydrogen) atoms. The van der Waals surface area contributed by atoms with Gasteiger partial charge in [0.2, 0.25) is 0 Å². The molecule has 1 heterocycles. The quantitative estimate of drug-likeness (QED) is 0.580. The maximum atomic E-state index is 13.3. The molecule has 126 valence electrons. The molecule has 1 N–H and O–H groups in total. The standard InChI is InChI=1S/C17H10BrFN2O2S2/c18-12-6-4-11(5-7-12)15(22)20-21-16(23)14(25-17(21)24)9-10-2-1-3-13(19)8-10/h1-9H,(H,20,22). The van der Waals surface area contributed by atoms with Crippen LogP contribution in [0.1, 0.15) is 15.9 Å². The predicted molar refractivity (Wildman–Crippen MR) is 103 cm³/mol. The van der Waals surface area contributed by atoms with Gasteiger partial charge in [-0.05, 0) is 60.3 Å². The molecule has 4 nitrogen and oxygen atoms in total. The van der Waals surface area contributed by atoms with Gasteiger partial charge >= 0.3 is 0 Å². The topological polar surface area (TPSA) is 49.4 Å². The fourth-order valence-electron chi connectivity index (χ4n) is 2.08. The maximum absolute atomic E-state index is 13.3. The van der Waals surface area contributed by atoms with Gasteiger partial charge in [-0.1, -0.05) is 39.8 Å². The zero-order valence-electron chi connectivity index (χ0n) is 12.5. The van der Waals surface area contributed by atoms with E-state index in [-0.39, 0.29) is 4.32 Å². The average molecular weight is 437 g/mol. The number of carbonyl (C=O) groups is 2. The number of hydrogen-bond donors (Lipinski definition) is 1. The van der Waals surface area contributed by atoms with Crippen LogP contribution in [0.25, 0.3) is 6.08 Å². The van der Waals surface area contributed by atoms with Gasteiger partial charge in [0.25, 0.3) is 11.8 Å². The van der Waals surface area contributed by atoms with Crippen molar-refractivity contribution in [1.82, 2.24) is 10.4 Å². The zero-order valence-corrected chi connectivity index (χ0v) is 15.8. The summed E-state index contributed by atoms with van der Waals surface area (Å²) in [5.41, 5.74) is 3.43. The van der Waals surface area contributed by atoms with Crippen LogP contribution < -0.4 is 5.43 Å². The fraction of sp³-hybridized carbons (Fsp3) is 0. The van der Waals surface area contributed by atoms with Gasteiger partial charge < -0.3 is 0 Å². The monoisotopic (exact) mass is 436 g/mol. The lowest BCUT2D eigenvalue weighted by Gasteiger charge is -2.15. The summed E-state index contributed by atoms with van der Waals surface area (Å²) in [5, 5.41) is 1.02. The minimum absolute atomic E-state index is 0.207. The van der Waals surface area contributed by atoms with Crippen LogP contribution >= 0.6 is 39.9 Å². The number of carbonyl (C=O) groups excluding carboxylic acids is 2. The molecule has 0 spiro atoms. The highest BCUT2D eigenvalue weighted by atomic mass is 79.9. The Morgan fingerprint density at radius 3 is 2.64 bits per heavy atom. The summed E-state index contributed by atoms with van der Waals surface area (Å²) < 4.78 is 14.3. The number of thiocarbonyl (C=S) groups is 1. The predicted octanol–water partition coefficient (Wildman–Crippen LogP) is 4.13. The molecule has 1 fully saturated rings. The first-order valence-corrected chi connectivity index (χ1v) is 9.06. The fourth-order valence-corrected chi connectivity index (χ4v) is 3.52. The van der Waals surface area contributed by atoms with Crippen molar-refractivity contribution in [2.75, 3.05) is 0 Å². The van der Waals surface area contributed by atoms with E-state index in [1.54, 1.807) is 36.4 Å². The summed E-state index contributed by atoms with van der Waals surface area (Å²) in [5.74, 6) is -1.30. The minimum atomic E-state index is -0.454.